The Kier molecular flexibility index (Phi) is 3.48. The molecule has 0 bridgehead atoms. The average molecular weight is 281 g/mol. The van der Waals surface area contributed by atoms with Crippen molar-refractivity contribution in [2.75, 3.05) is 10.8 Å². The molecular weight excluding hydrogens is 266 g/mol. The maximum Gasteiger partial charge on any atom is 0.281 e. The van der Waals surface area contributed by atoms with Gasteiger partial charge < -0.3 is 5.11 Å². The number of aromatic hydroxyl groups is 1. The number of aromatic nitrogens is 2. The molecule has 0 aliphatic heterocycles. The van der Waals surface area contributed by atoms with Crippen LogP contribution in [0, 0.1) is 0 Å². The van der Waals surface area contributed by atoms with Gasteiger partial charge in [0.05, 0.1) is 11.9 Å². The zero-order valence-corrected chi connectivity index (χ0v) is 11.5. The van der Waals surface area contributed by atoms with Crippen LogP contribution in [-0.4, -0.2) is 29.8 Å². The Morgan fingerprint density at radius 1 is 1.37 bits per heavy atom. The van der Waals surface area contributed by atoms with E-state index in [1.807, 2.05) is 0 Å². The molecule has 1 aromatic heterocycles. The smallest absolute Gasteiger partial charge is 0.281 e. The van der Waals surface area contributed by atoms with Crippen molar-refractivity contribution < 1.29 is 13.5 Å². The van der Waals surface area contributed by atoms with E-state index in [9.17, 15) is 13.5 Å². The third-order valence-electron chi connectivity index (χ3n) is 2.74. The zero-order chi connectivity index (χ0) is 14.0. The molecule has 0 spiro atoms. The SMILES string of the molecule is CCN(c1cccc(O)c1)S(=O)(=O)c1ccnn1C. The summed E-state index contributed by atoms with van der Waals surface area (Å²) in [6.45, 7) is 1.99. The highest BCUT2D eigenvalue weighted by molar-refractivity contribution is 7.92. The van der Waals surface area contributed by atoms with Crippen molar-refractivity contribution >= 4 is 15.7 Å². The number of anilines is 1. The maximum absolute atomic E-state index is 12.5. The molecule has 0 unspecified atom stereocenters. The summed E-state index contributed by atoms with van der Waals surface area (Å²) in [5.74, 6) is 0.0242. The highest BCUT2D eigenvalue weighted by atomic mass is 32.2. The summed E-state index contributed by atoms with van der Waals surface area (Å²) in [4.78, 5) is 0. The fourth-order valence-electron chi connectivity index (χ4n) is 1.87. The van der Waals surface area contributed by atoms with E-state index in [1.54, 1.807) is 26.1 Å². The van der Waals surface area contributed by atoms with Crippen molar-refractivity contribution in [3.8, 4) is 5.75 Å². The summed E-state index contributed by atoms with van der Waals surface area (Å²) in [6.07, 6.45) is 1.43. The van der Waals surface area contributed by atoms with Crippen molar-refractivity contribution in [1.29, 1.82) is 0 Å². The predicted octanol–water partition coefficient (Wildman–Crippen LogP) is 1.34. The van der Waals surface area contributed by atoms with Crippen LogP contribution < -0.4 is 4.31 Å². The van der Waals surface area contributed by atoms with Gasteiger partial charge in [0.2, 0.25) is 0 Å². The molecule has 0 radical (unpaired) electrons. The second-order valence-electron chi connectivity index (χ2n) is 3.98. The minimum absolute atomic E-state index is 0.0242. The van der Waals surface area contributed by atoms with Gasteiger partial charge in [-0.1, -0.05) is 6.07 Å². The summed E-state index contributed by atoms with van der Waals surface area (Å²) >= 11 is 0. The van der Waals surface area contributed by atoms with Gasteiger partial charge in [-0.3, -0.25) is 8.99 Å². The highest BCUT2D eigenvalue weighted by Crippen LogP contribution is 2.25. The Morgan fingerprint density at radius 3 is 2.63 bits per heavy atom. The molecule has 1 N–H and O–H groups in total. The van der Waals surface area contributed by atoms with E-state index in [1.165, 1.54) is 33.4 Å². The molecule has 0 aliphatic carbocycles. The minimum Gasteiger partial charge on any atom is -0.508 e. The lowest BCUT2D eigenvalue weighted by molar-refractivity contribution is 0.475. The first kappa shape index (κ1) is 13.4. The zero-order valence-electron chi connectivity index (χ0n) is 10.7. The first-order valence-corrected chi connectivity index (χ1v) is 7.20. The molecule has 6 nitrogen and oxygen atoms in total. The maximum atomic E-state index is 12.5. The van der Waals surface area contributed by atoms with Crippen LogP contribution in [0.15, 0.2) is 41.6 Å². The van der Waals surface area contributed by atoms with Crippen LogP contribution in [0.2, 0.25) is 0 Å². The second-order valence-corrected chi connectivity index (χ2v) is 5.79. The van der Waals surface area contributed by atoms with Crippen molar-refractivity contribution in [3.63, 3.8) is 0 Å². The third-order valence-corrected chi connectivity index (χ3v) is 4.71. The number of phenolic OH excluding ortho intramolecular Hbond substituents is 1. The van der Waals surface area contributed by atoms with Crippen molar-refractivity contribution in [2.24, 2.45) is 7.05 Å². The van der Waals surface area contributed by atoms with Gasteiger partial charge in [0.25, 0.3) is 10.0 Å². The second kappa shape index (κ2) is 4.93. The standard InChI is InChI=1S/C12H15N3O3S/c1-3-15(10-5-4-6-11(16)9-10)19(17,18)12-7-8-13-14(12)2/h4-9,16H,3H2,1-2H3. The van der Waals surface area contributed by atoms with Crippen LogP contribution in [0.3, 0.4) is 0 Å². The Labute approximate surface area is 112 Å². The number of phenols is 1. The number of sulfonamides is 1. The van der Waals surface area contributed by atoms with Crippen molar-refractivity contribution in [2.45, 2.75) is 11.9 Å². The van der Waals surface area contributed by atoms with Crippen LogP contribution in [0.25, 0.3) is 0 Å². The van der Waals surface area contributed by atoms with Gasteiger partial charge in [-0.2, -0.15) is 13.5 Å². The van der Waals surface area contributed by atoms with E-state index in [0.29, 0.717) is 5.69 Å². The number of nitrogens with zero attached hydrogens (tertiary/aromatic N) is 3. The Bertz CT molecular complexity index is 679. The van der Waals surface area contributed by atoms with Crippen molar-refractivity contribution in [1.82, 2.24) is 9.78 Å². The van der Waals surface area contributed by atoms with Gasteiger partial charge in [-0.05, 0) is 25.1 Å². The summed E-state index contributed by atoms with van der Waals surface area (Å²) in [5.41, 5.74) is 0.420. The molecule has 0 atom stereocenters. The molecule has 7 heteroatoms. The van der Waals surface area contributed by atoms with Crippen LogP contribution in [0.4, 0.5) is 5.69 Å². The van der Waals surface area contributed by atoms with Crippen molar-refractivity contribution in [3.05, 3.63) is 36.5 Å². The molecule has 2 aromatic rings. The summed E-state index contributed by atoms with van der Waals surface area (Å²) in [7, 11) is -2.11. The first-order valence-electron chi connectivity index (χ1n) is 5.76. The molecule has 19 heavy (non-hydrogen) atoms. The Balaban J connectivity index is 2.51. The molecule has 1 heterocycles. The summed E-state index contributed by atoms with van der Waals surface area (Å²) in [5, 5.41) is 13.5. The Hall–Kier alpha value is -2.02. The van der Waals surface area contributed by atoms with E-state index >= 15 is 0 Å². The lowest BCUT2D eigenvalue weighted by Gasteiger charge is -2.22. The molecule has 2 rings (SSSR count). The quantitative estimate of drug-likeness (QED) is 0.917. The predicted molar refractivity (Wildman–Crippen MR) is 71.5 cm³/mol. The van der Waals surface area contributed by atoms with Crippen LogP contribution >= 0.6 is 0 Å². The summed E-state index contributed by atoms with van der Waals surface area (Å²) < 4.78 is 27.6. The highest BCUT2D eigenvalue weighted by Gasteiger charge is 2.26. The minimum atomic E-state index is -3.69. The van der Waals surface area contributed by atoms with E-state index in [-0.39, 0.29) is 17.3 Å². The number of aryl methyl sites for hydroxylation is 1. The normalized spacial score (nSPS) is 11.5. The lowest BCUT2D eigenvalue weighted by atomic mass is 10.3. The lowest BCUT2D eigenvalue weighted by Crippen LogP contribution is -2.32. The Morgan fingerprint density at radius 2 is 2.11 bits per heavy atom. The molecule has 1 aromatic carbocycles. The third kappa shape index (κ3) is 2.41. The molecule has 0 aliphatic rings. The fraction of sp³-hybridized carbons (Fsp3) is 0.250. The number of rotatable bonds is 4. The monoisotopic (exact) mass is 281 g/mol. The van der Waals surface area contributed by atoms with E-state index in [4.69, 9.17) is 0 Å². The molecular formula is C12H15N3O3S. The van der Waals surface area contributed by atoms with Gasteiger partial charge in [-0.25, -0.2) is 0 Å². The summed E-state index contributed by atoms with van der Waals surface area (Å²) in [6, 6.07) is 7.59. The van der Waals surface area contributed by atoms with E-state index in [0.717, 1.165) is 0 Å². The molecule has 0 fully saturated rings. The van der Waals surface area contributed by atoms with Gasteiger partial charge in [0, 0.05) is 19.7 Å². The first-order chi connectivity index (χ1) is 8.96. The molecule has 0 amide bonds. The molecule has 102 valence electrons. The van der Waals surface area contributed by atoms with Gasteiger partial charge >= 0.3 is 0 Å². The molecule has 0 saturated heterocycles. The number of hydrogen-bond acceptors (Lipinski definition) is 4. The van der Waals surface area contributed by atoms with E-state index in [2.05, 4.69) is 5.10 Å². The number of hydrogen-bond donors (Lipinski definition) is 1. The van der Waals surface area contributed by atoms with Crippen LogP contribution in [0.5, 0.6) is 5.75 Å². The van der Waals surface area contributed by atoms with Crippen LogP contribution in [0.1, 0.15) is 6.92 Å². The number of benzene rings is 1. The van der Waals surface area contributed by atoms with Gasteiger partial charge in [-0.15, -0.1) is 0 Å². The topological polar surface area (TPSA) is 75.4 Å². The molecule has 0 saturated carbocycles. The van der Waals surface area contributed by atoms with Crippen LogP contribution in [-0.2, 0) is 17.1 Å². The largest absolute Gasteiger partial charge is 0.508 e. The average Bonchev–Trinajstić information content (AvgIpc) is 2.77. The fourth-order valence-corrected chi connectivity index (χ4v) is 3.44. The van der Waals surface area contributed by atoms with Gasteiger partial charge in [0.1, 0.15) is 5.75 Å². The van der Waals surface area contributed by atoms with E-state index < -0.39 is 10.0 Å². The van der Waals surface area contributed by atoms with Gasteiger partial charge in [0.15, 0.2) is 5.03 Å².